The van der Waals surface area contributed by atoms with Crippen molar-refractivity contribution in [2.75, 3.05) is 6.61 Å². The van der Waals surface area contributed by atoms with Crippen LogP contribution >= 0.6 is 0 Å². The topological polar surface area (TPSA) is 75.1 Å². The summed E-state index contributed by atoms with van der Waals surface area (Å²) in [7, 11) is 0. The molecule has 0 aliphatic rings. The zero-order chi connectivity index (χ0) is 21.0. The van der Waals surface area contributed by atoms with Crippen molar-refractivity contribution in [1.82, 2.24) is 15.3 Å². The largest absolute Gasteiger partial charge is 0.394 e. The number of aliphatic hydroxyl groups excluding tert-OH is 1. The van der Waals surface area contributed by atoms with Crippen molar-refractivity contribution in [1.29, 1.82) is 0 Å². The molecule has 0 fully saturated rings. The van der Waals surface area contributed by atoms with Crippen LogP contribution in [0.25, 0.3) is 22.5 Å². The lowest BCUT2D eigenvalue weighted by Crippen LogP contribution is -2.41. The number of nitrogens with zero attached hydrogens (tertiary/aromatic N) is 2. The minimum absolute atomic E-state index is 0.111. The summed E-state index contributed by atoms with van der Waals surface area (Å²) in [5.74, 6) is -0.227. The van der Waals surface area contributed by atoms with Gasteiger partial charge in [-0.2, -0.15) is 0 Å². The summed E-state index contributed by atoms with van der Waals surface area (Å²) < 4.78 is 0. The van der Waals surface area contributed by atoms with Crippen LogP contribution in [-0.4, -0.2) is 33.6 Å². The fourth-order valence-electron chi connectivity index (χ4n) is 3.00. The minimum Gasteiger partial charge on any atom is -0.394 e. The summed E-state index contributed by atoms with van der Waals surface area (Å²) in [6.07, 6.45) is 1.50. The van der Waals surface area contributed by atoms with Crippen molar-refractivity contribution in [2.24, 2.45) is 5.92 Å². The number of aryl methyl sites for hydroxylation is 2. The van der Waals surface area contributed by atoms with Crippen molar-refractivity contribution in [3.63, 3.8) is 0 Å². The third kappa shape index (κ3) is 4.87. The first kappa shape index (κ1) is 20.7. The lowest BCUT2D eigenvalue weighted by molar-refractivity contribution is 0.0891. The molecule has 0 spiro atoms. The van der Waals surface area contributed by atoms with E-state index in [9.17, 15) is 9.90 Å². The number of hydrogen-bond acceptors (Lipinski definition) is 4. The Morgan fingerprint density at radius 3 is 1.93 bits per heavy atom. The van der Waals surface area contributed by atoms with Gasteiger partial charge in [-0.15, -0.1) is 0 Å². The van der Waals surface area contributed by atoms with Gasteiger partial charge in [-0.3, -0.25) is 9.78 Å². The van der Waals surface area contributed by atoms with Crippen LogP contribution in [0.2, 0.25) is 0 Å². The normalized spacial score (nSPS) is 12.1. The molecule has 0 aliphatic carbocycles. The van der Waals surface area contributed by atoms with Crippen LogP contribution in [0.1, 0.15) is 35.5 Å². The molecular formula is C24H27N3O2. The number of aromatic nitrogens is 2. The standard InChI is InChI=1S/C24H27N3O2/c1-15(2)21(14-28)27-24(29)20-13-25-22(18-9-5-16(3)6-10-18)23(26-20)19-11-7-17(4)8-12-19/h5-13,15,21,28H,14H2,1-4H3,(H,27,29)/t21-/m1/s1. The van der Waals surface area contributed by atoms with Gasteiger partial charge in [-0.25, -0.2) is 4.98 Å². The number of aliphatic hydroxyl groups is 1. The van der Waals surface area contributed by atoms with E-state index in [1.165, 1.54) is 11.8 Å². The maximum atomic E-state index is 12.7. The average molecular weight is 389 g/mol. The van der Waals surface area contributed by atoms with Gasteiger partial charge in [0.15, 0.2) is 0 Å². The second kappa shape index (κ2) is 8.97. The van der Waals surface area contributed by atoms with Gasteiger partial charge in [0.1, 0.15) is 5.69 Å². The molecule has 0 aliphatic heterocycles. The average Bonchev–Trinajstić information content (AvgIpc) is 2.72. The Morgan fingerprint density at radius 2 is 1.45 bits per heavy atom. The molecule has 3 rings (SSSR count). The summed E-state index contributed by atoms with van der Waals surface area (Å²) in [6, 6.07) is 15.8. The number of carbonyl (C=O) groups excluding carboxylic acids is 1. The molecule has 3 aromatic rings. The molecule has 0 saturated carbocycles. The van der Waals surface area contributed by atoms with E-state index in [0.717, 1.165) is 22.4 Å². The lowest BCUT2D eigenvalue weighted by Gasteiger charge is -2.20. The van der Waals surface area contributed by atoms with E-state index in [4.69, 9.17) is 0 Å². The quantitative estimate of drug-likeness (QED) is 0.663. The van der Waals surface area contributed by atoms with Crippen molar-refractivity contribution < 1.29 is 9.90 Å². The van der Waals surface area contributed by atoms with Crippen LogP contribution in [0.5, 0.6) is 0 Å². The smallest absolute Gasteiger partial charge is 0.271 e. The molecule has 1 aromatic heterocycles. The highest BCUT2D eigenvalue weighted by Crippen LogP contribution is 2.29. The van der Waals surface area contributed by atoms with Gasteiger partial charge < -0.3 is 10.4 Å². The van der Waals surface area contributed by atoms with Gasteiger partial charge in [-0.1, -0.05) is 73.5 Å². The number of amides is 1. The highest BCUT2D eigenvalue weighted by Gasteiger charge is 2.20. The summed E-state index contributed by atoms with van der Waals surface area (Å²) in [5, 5.41) is 12.4. The zero-order valence-electron chi connectivity index (χ0n) is 17.3. The third-order valence-electron chi connectivity index (χ3n) is 4.97. The SMILES string of the molecule is Cc1ccc(-c2ncc(C(=O)N[C@H](CO)C(C)C)nc2-c2ccc(C)cc2)cc1. The van der Waals surface area contributed by atoms with Crippen LogP contribution < -0.4 is 5.32 Å². The molecule has 1 atom stereocenters. The highest BCUT2D eigenvalue weighted by atomic mass is 16.3. The first-order valence-electron chi connectivity index (χ1n) is 9.82. The molecule has 0 bridgehead atoms. The van der Waals surface area contributed by atoms with Gasteiger partial charge in [0.2, 0.25) is 0 Å². The van der Waals surface area contributed by atoms with Crippen LogP contribution in [-0.2, 0) is 0 Å². The third-order valence-corrected chi connectivity index (χ3v) is 4.97. The number of nitrogens with one attached hydrogen (secondary N) is 1. The maximum absolute atomic E-state index is 12.7. The van der Waals surface area contributed by atoms with Gasteiger partial charge in [0.05, 0.1) is 30.2 Å². The first-order chi connectivity index (χ1) is 13.9. The number of carbonyl (C=O) groups is 1. The number of benzene rings is 2. The van der Waals surface area contributed by atoms with E-state index in [1.807, 2.05) is 76.2 Å². The van der Waals surface area contributed by atoms with Crippen LogP contribution in [0.4, 0.5) is 0 Å². The predicted molar refractivity (Wildman–Crippen MR) is 116 cm³/mol. The monoisotopic (exact) mass is 389 g/mol. The Morgan fingerprint density at radius 1 is 0.931 bits per heavy atom. The fraction of sp³-hybridized carbons (Fsp3) is 0.292. The van der Waals surface area contributed by atoms with Gasteiger partial charge in [0, 0.05) is 11.1 Å². The van der Waals surface area contributed by atoms with E-state index in [1.54, 1.807) is 0 Å². The Hall–Kier alpha value is -3.05. The molecule has 150 valence electrons. The van der Waals surface area contributed by atoms with E-state index in [2.05, 4.69) is 15.3 Å². The van der Waals surface area contributed by atoms with Crippen LogP contribution in [0.15, 0.2) is 54.7 Å². The Bertz CT molecular complexity index is 980. The molecule has 1 amide bonds. The van der Waals surface area contributed by atoms with E-state index >= 15 is 0 Å². The van der Waals surface area contributed by atoms with Crippen LogP contribution in [0, 0.1) is 19.8 Å². The maximum Gasteiger partial charge on any atom is 0.271 e. The van der Waals surface area contributed by atoms with E-state index in [0.29, 0.717) is 5.69 Å². The molecular weight excluding hydrogens is 362 g/mol. The first-order valence-corrected chi connectivity index (χ1v) is 9.82. The molecule has 2 aromatic carbocycles. The minimum atomic E-state index is -0.339. The second-order valence-corrected chi connectivity index (χ2v) is 7.69. The van der Waals surface area contributed by atoms with Crippen LogP contribution in [0.3, 0.4) is 0 Å². The predicted octanol–water partition coefficient (Wildman–Crippen LogP) is 4.17. The Labute approximate surface area is 171 Å². The molecule has 0 radical (unpaired) electrons. The second-order valence-electron chi connectivity index (χ2n) is 7.69. The summed E-state index contributed by atoms with van der Waals surface area (Å²) in [6.45, 7) is 7.84. The lowest BCUT2D eigenvalue weighted by atomic mass is 10.0. The van der Waals surface area contributed by atoms with Gasteiger partial charge in [0.25, 0.3) is 5.91 Å². The summed E-state index contributed by atoms with van der Waals surface area (Å²) in [5.41, 5.74) is 5.78. The summed E-state index contributed by atoms with van der Waals surface area (Å²) >= 11 is 0. The fourth-order valence-corrected chi connectivity index (χ4v) is 3.00. The van der Waals surface area contributed by atoms with Crippen molar-refractivity contribution in [2.45, 2.75) is 33.7 Å². The van der Waals surface area contributed by atoms with Gasteiger partial charge in [-0.05, 0) is 19.8 Å². The molecule has 5 heteroatoms. The van der Waals surface area contributed by atoms with E-state index in [-0.39, 0.29) is 30.2 Å². The molecule has 5 nitrogen and oxygen atoms in total. The van der Waals surface area contributed by atoms with Crippen molar-refractivity contribution >= 4 is 5.91 Å². The van der Waals surface area contributed by atoms with Crippen molar-refractivity contribution in [3.05, 3.63) is 71.5 Å². The molecule has 2 N–H and O–H groups in total. The Balaban J connectivity index is 2.05. The molecule has 0 unspecified atom stereocenters. The van der Waals surface area contributed by atoms with E-state index < -0.39 is 0 Å². The molecule has 29 heavy (non-hydrogen) atoms. The Kier molecular flexibility index (Phi) is 6.39. The van der Waals surface area contributed by atoms with Gasteiger partial charge >= 0.3 is 0 Å². The van der Waals surface area contributed by atoms with Crippen molar-refractivity contribution in [3.8, 4) is 22.5 Å². The molecule has 0 saturated heterocycles. The number of rotatable bonds is 6. The molecule has 1 heterocycles. The number of hydrogen-bond donors (Lipinski definition) is 2. The summed E-state index contributed by atoms with van der Waals surface area (Å²) in [4.78, 5) is 22.0. The zero-order valence-corrected chi connectivity index (χ0v) is 17.3. The highest BCUT2D eigenvalue weighted by molar-refractivity contribution is 5.93.